The molecular weight excluding hydrogens is 388 g/mol. The van der Waals surface area contributed by atoms with Crippen molar-refractivity contribution in [3.63, 3.8) is 0 Å². The van der Waals surface area contributed by atoms with E-state index in [1.165, 1.54) is 16.9 Å². The van der Waals surface area contributed by atoms with Gasteiger partial charge in [-0.05, 0) is 86.6 Å². The van der Waals surface area contributed by atoms with Crippen molar-refractivity contribution < 1.29 is 9.90 Å². The number of hydrogen-bond donors (Lipinski definition) is 2. The molecule has 4 aliphatic carbocycles. The summed E-state index contributed by atoms with van der Waals surface area (Å²) in [6.45, 7) is 4.13. The lowest BCUT2D eigenvalue weighted by Gasteiger charge is -2.59. The van der Waals surface area contributed by atoms with Gasteiger partial charge in [0.25, 0.3) is 0 Å². The molecule has 1 amide bonds. The number of rotatable bonds is 5. The van der Waals surface area contributed by atoms with Gasteiger partial charge >= 0.3 is 0 Å². The number of carbonyl (C=O) groups is 1. The summed E-state index contributed by atoms with van der Waals surface area (Å²) in [5.74, 6) is 1.17. The van der Waals surface area contributed by atoms with E-state index < -0.39 is 5.60 Å². The molecule has 6 rings (SSSR count). The molecule has 0 spiro atoms. The maximum absolute atomic E-state index is 13.6. The third-order valence-corrected chi connectivity index (χ3v) is 9.10. The van der Waals surface area contributed by atoms with Crippen molar-refractivity contribution in [3.8, 4) is 0 Å². The molecule has 2 N–H and O–H groups in total. The molecule has 4 nitrogen and oxygen atoms in total. The Morgan fingerprint density at radius 1 is 1.32 bits per heavy atom. The zero-order valence-electron chi connectivity index (χ0n) is 16.5. The van der Waals surface area contributed by atoms with E-state index in [0.29, 0.717) is 18.3 Å². The van der Waals surface area contributed by atoms with Crippen molar-refractivity contribution in [2.24, 2.45) is 17.3 Å². The van der Waals surface area contributed by atoms with Crippen LogP contribution in [0.2, 0.25) is 0 Å². The SMILES string of the molecule is Cc1nc([C@H](Cc2ccsc2)NC(=O)C23C[C@@H]4C[C@@H](CC(O)(C4)C2)C3)sc1C. The van der Waals surface area contributed by atoms with Gasteiger partial charge in [0.15, 0.2) is 0 Å². The Morgan fingerprint density at radius 2 is 2.07 bits per heavy atom. The minimum atomic E-state index is -0.612. The largest absolute Gasteiger partial charge is 0.390 e. The van der Waals surface area contributed by atoms with Gasteiger partial charge in [0.2, 0.25) is 5.91 Å². The van der Waals surface area contributed by atoms with Crippen LogP contribution in [-0.2, 0) is 11.2 Å². The number of aryl methyl sites for hydroxylation is 2. The smallest absolute Gasteiger partial charge is 0.226 e. The molecule has 5 atom stereocenters. The molecule has 6 heteroatoms. The van der Waals surface area contributed by atoms with Gasteiger partial charge in [0.1, 0.15) is 5.01 Å². The molecule has 28 heavy (non-hydrogen) atoms. The van der Waals surface area contributed by atoms with Gasteiger partial charge in [-0.25, -0.2) is 4.98 Å². The highest BCUT2D eigenvalue weighted by atomic mass is 32.1. The fraction of sp³-hybridized carbons (Fsp3) is 0.636. The van der Waals surface area contributed by atoms with Crippen LogP contribution in [0.25, 0.3) is 0 Å². The Labute approximate surface area is 174 Å². The number of thiophene rings is 1. The first-order chi connectivity index (χ1) is 13.3. The van der Waals surface area contributed by atoms with Crippen LogP contribution in [-0.4, -0.2) is 21.6 Å². The Balaban J connectivity index is 1.41. The second-order valence-electron chi connectivity index (χ2n) is 9.52. The van der Waals surface area contributed by atoms with Gasteiger partial charge in [-0.2, -0.15) is 11.3 Å². The summed E-state index contributed by atoms with van der Waals surface area (Å²) in [5.41, 5.74) is 1.30. The first kappa shape index (κ1) is 18.8. The summed E-state index contributed by atoms with van der Waals surface area (Å²) in [7, 11) is 0. The second kappa shape index (κ2) is 6.64. The van der Waals surface area contributed by atoms with Gasteiger partial charge in [-0.1, -0.05) is 0 Å². The number of hydrogen-bond acceptors (Lipinski definition) is 5. The molecule has 2 heterocycles. The first-order valence-electron chi connectivity index (χ1n) is 10.3. The number of nitrogens with zero attached hydrogens (tertiary/aromatic N) is 1. The zero-order chi connectivity index (χ0) is 19.5. The molecule has 0 saturated heterocycles. The molecule has 0 radical (unpaired) electrons. The Hall–Kier alpha value is -1.24. The standard InChI is InChI=1S/C22H28N2O2S2/c1-13-14(2)28-19(23-13)18(6-15-3-4-27-11-15)24-20(25)21-7-16-5-17(8-21)10-22(26,9-16)12-21/h3-4,11,16-18,26H,5-10,12H2,1-2H3,(H,24,25)/t16-,17+,18-,21?,22?/m0/s1. The molecule has 150 valence electrons. The third-order valence-electron chi connectivity index (χ3n) is 7.18. The second-order valence-corrected chi connectivity index (χ2v) is 11.5. The van der Waals surface area contributed by atoms with Gasteiger partial charge in [-0.3, -0.25) is 4.79 Å². The van der Waals surface area contributed by atoms with Crippen LogP contribution in [0.3, 0.4) is 0 Å². The van der Waals surface area contributed by atoms with E-state index in [0.717, 1.165) is 42.8 Å². The lowest BCUT2D eigenvalue weighted by Crippen LogP contribution is -2.60. The summed E-state index contributed by atoms with van der Waals surface area (Å²) in [4.78, 5) is 19.6. The Morgan fingerprint density at radius 3 is 2.64 bits per heavy atom. The van der Waals surface area contributed by atoms with Crippen LogP contribution in [0, 0.1) is 31.1 Å². The van der Waals surface area contributed by atoms with Crippen molar-refractivity contribution >= 4 is 28.6 Å². The quantitative estimate of drug-likeness (QED) is 0.751. The van der Waals surface area contributed by atoms with Crippen LogP contribution in [0.1, 0.15) is 65.7 Å². The lowest BCUT2D eigenvalue weighted by atomic mass is 9.47. The summed E-state index contributed by atoms with van der Waals surface area (Å²) in [6.07, 6.45) is 6.27. The van der Waals surface area contributed by atoms with Gasteiger partial charge in [0.05, 0.1) is 22.8 Å². The number of aromatic nitrogens is 1. The van der Waals surface area contributed by atoms with Gasteiger partial charge in [0, 0.05) is 11.3 Å². The van der Waals surface area contributed by atoms with E-state index in [9.17, 15) is 9.90 Å². The summed E-state index contributed by atoms with van der Waals surface area (Å²) in [5, 5.41) is 19.7. The number of carbonyl (C=O) groups excluding carboxylic acids is 1. The van der Waals surface area contributed by atoms with Crippen molar-refractivity contribution in [1.29, 1.82) is 0 Å². The fourth-order valence-electron chi connectivity index (χ4n) is 6.28. The van der Waals surface area contributed by atoms with E-state index in [-0.39, 0.29) is 17.4 Å². The van der Waals surface area contributed by atoms with Crippen molar-refractivity contribution in [2.75, 3.05) is 0 Å². The highest BCUT2D eigenvalue weighted by Crippen LogP contribution is 2.61. The van der Waals surface area contributed by atoms with E-state index in [1.54, 1.807) is 22.7 Å². The average molecular weight is 417 g/mol. The average Bonchev–Trinajstić information content (AvgIpc) is 3.22. The van der Waals surface area contributed by atoms with E-state index in [1.807, 2.05) is 6.92 Å². The Bertz CT molecular complexity index is 855. The number of aliphatic hydroxyl groups is 1. The molecule has 4 bridgehead atoms. The fourth-order valence-corrected chi connectivity index (χ4v) is 7.94. The van der Waals surface area contributed by atoms with Gasteiger partial charge in [-0.15, -0.1) is 11.3 Å². The van der Waals surface area contributed by atoms with Crippen LogP contribution in [0.4, 0.5) is 0 Å². The predicted octanol–water partition coefficient (Wildman–Crippen LogP) is 4.55. The molecule has 0 aliphatic heterocycles. The molecule has 0 aromatic carbocycles. The highest BCUT2D eigenvalue weighted by Gasteiger charge is 2.60. The molecule has 2 aromatic rings. The molecule has 2 unspecified atom stereocenters. The predicted molar refractivity (Wildman–Crippen MR) is 113 cm³/mol. The third kappa shape index (κ3) is 3.23. The number of amides is 1. The van der Waals surface area contributed by atoms with Crippen LogP contribution in [0.5, 0.6) is 0 Å². The molecule has 4 aliphatic rings. The number of thiazole rings is 1. The normalized spacial score (nSPS) is 34.5. The Kier molecular flexibility index (Phi) is 4.45. The summed E-state index contributed by atoms with van der Waals surface area (Å²) >= 11 is 3.38. The monoisotopic (exact) mass is 416 g/mol. The van der Waals surface area contributed by atoms with E-state index in [2.05, 4.69) is 29.1 Å². The highest BCUT2D eigenvalue weighted by molar-refractivity contribution is 7.11. The minimum absolute atomic E-state index is 0.0952. The molecule has 2 aromatic heterocycles. The first-order valence-corrected chi connectivity index (χ1v) is 12.1. The molecule has 4 fully saturated rings. The van der Waals surface area contributed by atoms with E-state index >= 15 is 0 Å². The maximum Gasteiger partial charge on any atom is 0.226 e. The summed E-state index contributed by atoms with van der Waals surface area (Å²) in [6, 6.07) is 2.03. The molecular formula is C22H28N2O2S2. The maximum atomic E-state index is 13.6. The van der Waals surface area contributed by atoms with Crippen LogP contribution < -0.4 is 5.32 Å². The summed E-state index contributed by atoms with van der Waals surface area (Å²) < 4.78 is 0. The van der Waals surface area contributed by atoms with Crippen molar-refractivity contribution in [2.45, 2.75) is 70.4 Å². The molecule has 4 saturated carbocycles. The zero-order valence-corrected chi connectivity index (χ0v) is 18.2. The van der Waals surface area contributed by atoms with Crippen LogP contribution in [0.15, 0.2) is 16.8 Å². The lowest BCUT2D eigenvalue weighted by molar-refractivity contribution is -0.178. The van der Waals surface area contributed by atoms with Gasteiger partial charge < -0.3 is 10.4 Å². The topological polar surface area (TPSA) is 62.2 Å². The minimum Gasteiger partial charge on any atom is -0.390 e. The van der Waals surface area contributed by atoms with Crippen molar-refractivity contribution in [3.05, 3.63) is 38.0 Å². The number of nitrogens with one attached hydrogen (secondary N) is 1. The van der Waals surface area contributed by atoms with Crippen LogP contribution >= 0.6 is 22.7 Å². The van der Waals surface area contributed by atoms with E-state index in [4.69, 9.17) is 4.98 Å². The van der Waals surface area contributed by atoms with Crippen molar-refractivity contribution in [1.82, 2.24) is 10.3 Å².